The van der Waals surface area contributed by atoms with Crippen molar-refractivity contribution in [2.45, 2.75) is 18.2 Å². The van der Waals surface area contributed by atoms with E-state index < -0.39 is 0 Å². The van der Waals surface area contributed by atoms with E-state index in [4.69, 9.17) is 5.11 Å². The van der Waals surface area contributed by atoms with Crippen LogP contribution in [0.2, 0.25) is 0 Å². The van der Waals surface area contributed by atoms with Gasteiger partial charge in [-0.2, -0.15) is 0 Å². The fourth-order valence-corrected chi connectivity index (χ4v) is 1.67. The molecular formula is C9H12O2S. The first kappa shape index (κ1) is 9.26. The van der Waals surface area contributed by atoms with Crippen molar-refractivity contribution in [3.05, 3.63) is 18.2 Å². The number of rotatable bonds is 3. The summed E-state index contributed by atoms with van der Waals surface area (Å²) in [5.41, 5.74) is 0. The van der Waals surface area contributed by atoms with Crippen LogP contribution in [0.15, 0.2) is 23.1 Å². The maximum absolute atomic E-state index is 9.33. The lowest BCUT2D eigenvalue weighted by Crippen LogP contribution is -1.77. The van der Waals surface area contributed by atoms with Gasteiger partial charge in [0.25, 0.3) is 0 Å². The molecule has 0 fully saturated rings. The fourth-order valence-electron chi connectivity index (χ4n) is 0.830. The van der Waals surface area contributed by atoms with Gasteiger partial charge in [0.05, 0.1) is 4.90 Å². The number of hydrogen-bond acceptors (Lipinski definition) is 3. The molecule has 0 aromatic heterocycles. The number of phenolic OH excluding ortho intramolecular Hbond substituents is 2. The molecule has 2 nitrogen and oxygen atoms in total. The average molecular weight is 184 g/mol. The lowest BCUT2D eigenvalue weighted by Gasteiger charge is -2.02. The first-order chi connectivity index (χ1) is 5.74. The molecule has 0 atom stereocenters. The van der Waals surface area contributed by atoms with Gasteiger partial charge in [-0.1, -0.05) is 6.92 Å². The van der Waals surface area contributed by atoms with Crippen LogP contribution in [0, 0.1) is 0 Å². The van der Waals surface area contributed by atoms with Crippen LogP contribution < -0.4 is 0 Å². The topological polar surface area (TPSA) is 40.5 Å². The smallest absolute Gasteiger partial charge is 0.129 e. The molecule has 0 aliphatic carbocycles. The Morgan fingerprint density at radius 2 is 2.08 bits per heavy atom. The van der Waals surface area contributed by atoms with Crippen molar-refractivity contribution in [3.8, 4) is 11.5 Å². The highest BCUT2D eigenvalue weighted by atomic mass is 32.2. The van der Waals surface area contributed by atoms with Crippen molar-refractivity contribution in [2.24, 2.45) is 0 Å². The van der Waals surface area contributed by atoms with Crippen LogP contribution in [0.25, 0.3) is 0 Å². The minimum atomic E-state index is 0.200. The second-order valence-corrected chi connectivity index (χ2v) is 3.64. The van der Waals surface area contributed by atoms with Gasteiger partial charge in [0.2, 0.25) is 0 Å². The van der Waals surface area contributed by atoms with Gasteiger partial charge in [0.1, 0.15) is 11.5 Å². The summed E-state index contributed by atoms with van der Waals surface area (Å²) in [5, 5.41) is 18.4. The second kappa shape index (κ2) is 4.26. The van der Waals surface area contributed by atoms with E-state index in [-0.39, 0.29) is 11.5 Å². The molecule has 1 aromatic rings. The van der Waals surface area contributed by atoms with Crippen LogP contribution in [0.4, 0.5) is 0 Å². The Bertz CT molecular complexity index is 261. The molecule has 0 amide bonds. The van der Waals surface area contributed by atoms with E-state index in [2.05, 4.69) is 6.92 Å². The van der Waals surface area contributed by atoms with Gasteiger partial charge in [0, 0.05) is 0 Å². The number of hydrogen-bond donors (Lipinski definition) is 2. The fraction of sp³-hybridized carbons (Fsp3) is 0.333. The molecule has 0 aliphatic rings. The summed E-state index contributed by atoms with van der Waals surface area (Å²) in [5.74, 6) is 1.40. The number of phenols is 2. The molecule has 0 bridgehead atoms. The van der Waals surface area contributed by atoms with Crippen LogP contribution in [0.1, 0.15) is 13.3 Å². The molecule has 2 N–H and O–H groups in total. The van der Waals surface area contributed by atoms with Gasteiger partial charge < -0.3 is 10.2 Å². The predicted molar refractivity (Wildman–Crippen MR) is 50.8 cm³/mol. The Labute approximate surface area is 76.2 Å². The monoisotopic (exact) mass is 184 g/mol. The molecule has 0 saturated heterocycles. The van der Waals surface area contributed by atoms with Crippen molar-refractivity contribution in [1.29, 1.82) is 0 Å². The summed E-state index contributed by atoms with van der Waals surface area (Å²) in [6.07, 6.45) is 1.06. The third-order valence-electron chi connectivity index (χ3n) is 1.41. The summed E-state index contributed by atoms with van der Waals surface area (Å²) >= 11 is 1.55. The standard InChI is InChI=1S/C9H12O2S/c1-2-5-12-9-6-7(10)3-4-8(9)11/h3-4,6,10-11H,2,5H2,1H3. The van der Waals surface area contributed by atoms with Crippen LogP contribution in [0.3, 0.4) is 0 Å². The van der Waals surface area contributed by atoms with Crippen LogP contribution in [-0.4, -0.2) is 16.0 Å². The molecule has 0 saturated carbocycles. The zero-order chi connectivity index (χ0) is 8.97. The van der Waals surface area contributed by atoms with Gasteiger partial charge in [0.15, 0.2) is 0 Å². The Morgan fingerprint density at radius 1 is 1.33 bits per heavy atom. The first-order valence-corrected chi connectivity index (χ1v) is 4.87. The average Bonchev–Trinajstić information content (AvgIpc) is 2.07. The zero-order valence-corrected chi connectivity index (χ0v) is 7.77. The number of benzene rings is 1. The molecule has 0 heterocycles. The number of aromatic hydroxyl groups is 2. The Kier molecular flexibility index (Phi) is 3.29. The molecule has 0 spiro atoms. The maximum atomic E-state index is 9.33. The largest absolute Gasteiger partial charge is 0.508 e. The summed E-state index contributed by atoms with van der Waals surface area (Å²) in [6.45, 7) is 2.08. The third-order valence-corrected chi connectivity index (χ3v) is 2.66. The van der Waals surface area contributed by atoms with Crippen molar-refractivity contribution in [1.82, 2.24) is 0 Å². The van der Waals surface area contributed by atoms with Crippen LogP contribution in [-0.2, 0) is 0 Å². The molecule has 0 unspecified atom stereocenters. The molecule has 1 aromatic carbocycles. The van der Waals surface area contributed by atoms with E-state index >= 15 is 0 Å². The van der Waals surface area contributed by atoms with E-state index in [9.17, 15) is 5.11 Å². The van der Waals surface area contributed by atoms with Crippen molar-refractivity contribution in [3.63, 3.8) is 0 Å². The SMILES string of the molecule is CCCSc1cc(O)ccc1O. The van der Waals surface area contributed by atoms with Gasteiger partial charge in [-0.15, -0.1) is 11.8 Å². The predicted octanol–water partition coefficient (Wildman–Crippen LogP) is 2.60. The third kappa shape index (κ3) is 2.34. The molecule has 0 radical (unpaired) electrons. The second-order valence-electron chi connectivity index (χ2n) is 2.50. The normalized spacial score (nSPS) is 10.1. The van der Waals surface area contributed by atoms with Crippen LogP contribution in [0.5, 0.6) is 11.5 Å². The van der Waals surface area contributed by atoms with E-state index in [1.54, 1.807) is 17.8 Å². The molecule has 12 heavy (non-hydrogen) atoms. The molecule has 1 rings (SSSR count). The molecule has 3 heteroatoms. The van der Waals surface area contributed by atoms with E-state index in [0.29, 0.717) is 0 Å². The lowest BCUT2D eigenvalue weighted by molar-refractivity contribution is 0.448. The Morgan fingerprint density at radius 3 is 2.75 bits per heavy atom. The van der Waals surface area contributed by atoms with Crippen molar-refractivity contribution in [2.75, 3.05) is 5.75 Å². The molecule has 0 aliphatic heterocycles. The number of thioether (sulfide) groups is 1. The highest BCUT2D eigenvalue weighted by Gasteiger charge is 2.01. The molecule has 66 valence electrons. The summed E-state index contributed by atoms with van der Waals surface area (Å²) in [7, 11) is 0. The minimum absolute atomic E-state index is 0.200. The Hall–Kier alpha value is -0.830. The van der Waals surface area contributed by atoms with Gasteiger partial charge in [-0.25, -0.2) is 0 Å². The summed E-state index contributed by atoms with van der Waals surface area (Å²) < 4.78 is 0. The zero-order valence-electron chi connectivity index (χ0n) is 6.95. The summed E-state index contributed by atoms with van der Waals surface area (Å²) in [4.78, 5) is 0.747. The first-order valence-electron chi connectivity index (χ1n) is 3.89. The quantitative estimate of drug-likeness (QED) is 0.560. The summed E-state index contributed by atoms with van der Waals surface area (Å²) in [6, 6.07) is 4.56. The van der Waals surface area contributed by atoms with Gasteiger partial charge in [-0.05, 0) is 30.4 Å². The maximum Gasteiger partial charge on any atom is 0.129 e. The highest BCUT2D eigenvalue weighted by Crippen LogP contribution is 2.31. The van der Waals surface area contributed by atoms with E-state index in [0.717, 1.165) is 17.1 Å². The van der Waals surface area contributed by atoms with Crippen LogP contribution >= 0.6 is 11.8 Å². The lowest BCUT2D eigenvalue weighted by atomic mass is 10.3. The van der Waals surface area contributed by atoms with Gasteiger partial charge in [-0.3, -0.25) is 0 Å². The minimum Gasteiger partial charge on any atom is -0.508 e. The van der Waals surface area contributed by atoms with Crippen molar-refractivity contribution < 1.29 is 10.2 Å². The van der Waals surface area contributed by atoms with Crippen molar-refractivity contribution >= 4 is 11.8 Å². The van der Waals surface area contributed by atoms with E-state index in [1.807, 2.05) is 0 Å². The highest BCUT2D eigenvalue weighted by molar-refractivity contribution is 7.99. The van der Waals surface area contributed by atoms with E-state index in [1.165, 1.54) is 12.1 Å². The Balaban J connectivity index is 2.75. The molecular weight excluding hydrogens is 172 g/mol. The van der Waals surface area contributed by atoms with Gasteiger partial charge >= 0.3 is 0 Å².